The molecule has 1 N–H and O–H groups in total. The van der Waals surface area contributed by atoms with Gasteiger partial charge < -0.3 is 10.1 Å². The molecule has 3 rings (SSSR count). The minimum absolute atomic E-state index is 0.0776. The Balaban J connectivity index is 1.82. The van der Waals surface area contributed by atoms with Crippen LogP contribution in [0.4, 0.5) is 5.82 Å². The average molecular weight is 355 g/mol. The average Bonchev–Trinajstić information content (AvgIpc) is 3.19. The third-order valence-electron chi connectivity index (χ3n) is 4.04. The molecule has 0 aliphatic carbocycles. The van der Waals surface area contributed by atoms with Crippen LogP contribution in [0, 0.1) is 13.8 Å². The van der Waals surface area contributed by atoms with Crippen molar-refractivity contribution in [1.82, 2.24) is 29.8 Å². The minimum Gasteiger partial charge on any atom is -0.481 e. The number of methoxy groups -OCH3 is 1. The molecule has 3 heterocycles. The Bertz CT molecular complexity index is 929. The molecule has 0 radical (unpaired) electrons. The van der Waals surface area contributed by atoms with Crippen molar-refractivity contribution >= 4 is 11.7 Å². The maximum atomic E-state index is 12.3. The lowest BCUT2D eigenvalue weighted by molar-refractivity contribution is -0.117. The van der Waals surface area contributed by atoms with E-state index in [1.165, 1.54) is 0 Å². The summed E-state index contributed by atoms with van der Waals surface area (Å²) in [7, 11) is 1.58. The second-order valence-electron chi connectivity index (χ2n) is 5.77. The number of ether oxygens (including phenoxy) is 1. The summed E-state index contributed by atoms with van der Waals surface area (Å²) in [6, 6.07) is 3.77. The highest BCUT2D eigenvalue weighted by Crippen LogP contribution is 2.32. The lowest BCUT2D eigenvalue weighted by Crippen LogP contribution is -2.20. The summed E-state index contributed by atoms with van der Waals surface area (Å²) in [5.74, 6) is 0.731. The highest BCUT2D eigenvalue weighted by atomic mass is 16.5. The van der Waals surface area contributed by atoms with Crippen molar-refractivity contribution in [2.75, 3.05) is 12.4 Å². The van der Waals surface area contributed by atoms with Crippen molar-refractivity contribution in [3.8, 4) is 17.0 Å². The zero-order valence-corrected chi connectivity index (χ0v) is 15.2. The quantitative estimate of drug-likeness (QED) is 0.724. The summed E-state index contributed by atoms with van der Waals surface area (Å²) in [4.78, 5) is 16.6. The first kappa shape index (κ1) is 17.6. The van der Waals surface area contributed by atoms with Crippen LogP contribution in [0.5, 0.6) is 5.88 Å². The fourth-order valence-electron chi connectivity index (χ4n) is 2.81. The molecule has 0 atom stereocenters. The van der Waals surface area contributed by atoms with Crippen LogP contribution in [0.3, 0.4) is 0 Å². The molecule has 0 saturated carbocycles. The number of nitrogens with zero attached hydrogens (tertiary/aromatic N) is 6. The Morgan fingerprint density at radius 1 is 1.35 bits per heavy atom. The molecular weight excluding hydrogens is 334 g/mol. The Morgan fingerprint density at radius 2 is 2.15 bits per heavy atom. The third-order valence-corrected chi connectivity index (χ3v) is 4.04. The van der Waals surface area contributed by atoms with Crippen LogP contribution in [-0.2, 0) is 17.9 Å². The van der Waals surface area contributed by atoms with Gasteiger partial charge in [0.2, 0.25) is 11.8 Å². The monoisotopic (exact) mass is 355 g/mol. The lowest BCUT2D eigenvalue weighted by Gasteiger charge is -2.08. The molecule has 0 unspecified atom stereocenters. The summed E-state index contributed by atoms with van der Waals surface area (Å²) in [6.07, 6.45) is 3.36. The Labute approximate surface area is 151 Å². The predicted octanol–water partition coefficient (Wildman–Crippen LogP) is 1.82. The van der Waals surface area contributed by atoms with Crippen LogP contribution in [0.25, 0.3) is 11.1 Å². The molecule has 136 valence electrons. The molecule has 0 fully saturated rings. The van der Waals surface area contributed by atoms with Gasteiger partial charge in [-0.05, 0) is 32.9 Å². The van der Waals surface area contributed by atoms with Crippen LogP contribution in [0.2, 0.25) is 0 Å². The SMILES string of the molecule is CCn1cc(NC(=O)Cn2nc(C)c(-c3cccnc3OC)c2C)nn1. The van der Waals surface area contributed by atoms with Crippen molar-refractivity contribution in [2.45, 2.75) is 33.9 Å². The first-order valence-electron chi connectivity index (χ1n) is 8.26. The van der Waals surface area contributed by atoms with E-state index >= 15 is 0 Å². The number of aromatic nitrogens is 6. The Hall–Kier alpha value is -3.23. The van der Waals surface area contributed by atoms with Crippen molar-refractivity contribution in [1.29, 1.82) is 0 Å². The third kappa shape index (κ3) is 3.41. The molecule has 1 amide bonds. The van der Waals surface area contributed by atoms with E-state index in [-0.39, 0.29) is 12.5 Å². The highest BCUT2D eigenvalue weighted by molar-refractivity contribution is 5.89. The molecule has 9 nitrogen and oxygen atoms in total. The maximum absolute atomic E-state index is 12.3. The highest BCUT2D eigenvalue weighted by Gasteiger charge is 2.19. The number of hydrogen-bond acceptors (Lipinski definition) is 6. The van der Waals surface area contributed by atoms with Crippen LogP contribution >= 0.6 is 0 Å². The van der Waals surface area contributed by atoms with Crippen LogP contribution in [0.1, 0.15) is 18.3 Å². The van der Waals surface area contributed by atoms with Gasteiger partial charge in [0.05, 0.1) is 19.0 Å². The minimum atomic E-state index is -0.219. The van der Waals surface area contributed by atoms with Gasteiger partial charge in [-0.3, -0.25) is 14.2 Å². The summed E-state index contributed by atoms with van der Waals surface area (Å²) < 4.78 is 8.65. The zero-order chi connectivity index (χ0) is 18.7. The largest absolute Gasteiger partial charge is 0.481 e. The zero-order valence-electron chi connectivity index (χ0n) is 15.2. The van der Waals surface area contributed by atoms with Gasteiger partial charge in [-0.25, -0.2) is 4.98 Å². The standard InChI is InChI=1S/C17H21N7O2/c1-5-23-9-14(20-22-23)19-15(25)10-24-12(3)16(11(2)21-24)13-7-6-8-18-17(13)26-4/h6-9H,5,10H2,1-4H3,(H,19,25). The van der Waals surface area contributed by atoms with Crippen LogP contribution in [-0.4, -0.2) is 42.8 Å². The van der Waals surface area contributed by atoms with E-state index in [2.05, 4.69) is 25.7 Å². The summed E-state index contributed by atoms with van der Waals surface area (Å²) in [6.45, 7) is 6.54. The number of anilines is 1. The number of nitrogens with one attached hydrogen (secondary N) is 1. The number of pyridine rings is 1. The number of carbonyl (C=O) groups excluding carboxylic acids is 1. The normalized spacial score (nSPS) is 10.8. The van der Waals surface area contributed by atoms with Crippen molar-refractivity contribution in [3.05, 3.63) is 35.9 Å². The van der Waals surface area contributed by atoms with Gasteiger partial charge in [0.1, 0.15) is 6.54 Å². The van der Waals surface area contributed by atoms with E-state index in [1.54, 1.807) is 28.9 Å². The Morgan fingerprint density at radius 3 is 2.85 bits per heavy atom. The van der Waals surface area contributed by atoms with Gasteiger partial charge >= 0.3 is 0 Å². The number of aryl methyl sites for hydroxylation is 2. The first-order chi connectivity index (χ1) is 12.5. The van der Waals surface area contributed by atoms with E-state index < -0.39 is 0 Å². The van der Waals surface area contributed by atoms with E-state index in [4.69, 9.17) is 4.74 Å². The van der Waals surface area contributed by atoms with Crippen molar-refractivity contribution < 1.29 is 9.53 Å². The molecule has 3 aromatic heterocycles. The number of amides is 1. The van der Waals surface area contributed by atoms with Gasteiger partial charge in [-0.1, -0.05) is 5.21 Å². The number of rotatable bonds is 6. The van der Waals surface area contributed by atoms with Gasteiger partial charge in [0.15, 0.2) is 5.82 Å². The predicted molar refractivity (Wildman–Crippen MR) is 95.8 cm³/mol. The summed E-state index contributed by atoms with van der Waals surface area (Å²) in [5, 5.41) is 15.0. The molecule has 0 saturated heterocycles. The fourth-order valence-corrected chi connectivity index (χ4v) is 2.81. The number of hydrogen-bond donors (Lipinski definition) is 1. The molecule has 0 aliphatic rings. The molecule has 0 aromatic carbocycles. The molecule has 0 bridgehead atoms. The van der Waals surface area contributed by atoms with Crippen LogP contribution < -0.4 is 10.1 Å². The van der Waals surface area contributed by atoms with E-state index in [1.807, 2.05) is 32.9 Å². The van der Waals surface area contributed by atoms with Gasteiger partial charge in [0.25, 0.3) is 0 Å². The number of carbonyl (C=O) groups is 1. The van der Waals surface area contributed by atoms with Crippen molar-refractivity contribution in [3.63, 3.8) is 0 Å². The first-order valence-corrected chi connectivity index (χ1v) is 8.26. The molecule has 0 spiro atoms. The van der Waals surface area contributed by atoms with Crippen molar-refractivity contribution in [2.24, 2.45) is 0 Å². The van der Waals surface area contributed by atoms with Gasteiger partial charge in [-0.2, -0.15) is 5.10 Å². The lowest BCUT2D eigenvalue weighted by atomic mass is 10.1. The van der Waals surface area contributed by atoms with Gasteiger partial charge in [0, 0.05) is 29.6 Å². The van der Waals surface area contributed by atoms with Crippen LogP contribution in [0.15, 0.2) is 24.5 Å². The maximum Gasteiger partial charge on any atom is 0.247 e. The molecule has 26 heavy (non-hydrogen) atoms. The topological polar surface area (TPSA) is 99.8 Å². The van der Waals surface area contributed by atoms with E-state index in [0.717, 1.165) is 22.5 Å². The van der Waals surface area contributed by atoms with E-state index in [9.17, 15) is 4.79 Å². The second-order valence-corrected chi connectivity index (χ2v) is 5.77. The smallest absolute Gasteiger partial charge is 0.247 e. The van der Waals surface area contributed by atoms with Gasteiger partial charge in [-0.15, -0.1) is 5.10 Å². The molecular formula is C17H21N7O2. The second kappa shape index (κ2) is 7.34. The summed E-state index contributed by atoms with van der Waals surface area (Å²) >= 11 is 0. The summed E-state index contributed by atoms with van der Waals surface area (Å²) in [5.41, 5.74) is 3.43. The Kier molecular flexibility index (Phi) is 4.97. The molecule has 9 heteroatoms. The molecule has 3 aromatic rings. The fraction of sp³-hybridized carbons (Fsp3) is 0.353. The van der Waals surface area contributed by atoms with E-state index in [0.29, 0.717) is 18.2 Å². The molecule has 0 aliphatic heterocycles.